The number of aromatic nitrogens is 3. The van der Waals surface area contributed by atoms with Crippen LogP contribution in [0.3, 0.4) is 0 Å². The van der Waals surface area contributed by atoms with E-state index in [0.717, 1.165) is 68.4 Å². The van der Waals surface area contributed by atoms with Crippen molar-refractivity contribution in [2.45, 2.75) is 77.4 Å². The number of nitrogens with one attached hydrogen (secondary N) is 1. The molecule has 15 heteroatoms. The normalized spacial score (nSPS) is 13.0. The first-order chi connectivity index (χ1) is 26.2. The van der Waals surface area contributed by atoms with Crippen LogP contribution in [0.25, 0.3) is 11.0 Å². The molecule has 2 aromatic heterocycles. The highest BCUT2D eigenvalue weighted by Crippen LogP contribution is 2.23. The highest BCUT2D eigenvalue weighted by molar-refractivity contribution is 6.07. The van der Waals surface area contributed by atoms with Gasteiger partial charge in [-0.2, -0.15) is 4.99 Å². The Kier molecular flexibility index (Phi) is 14.3. The van der Waals surface area contributed by atoms with E-state index < -0.39 is 25.0 Å². The molecule has 5 rings (SSSR count). The molecule has 0 spiro atoms. The molecule has 0 radical (unpaired) electrons. The summed E-state index contributed by atoms with van der Waals surface area (Å²) in [6.07, 6.45) is 7.22. The van der Waals surface area contributed by atoms with Crippen molar-refractivity contribution in [3.05, 3.63) is 83.8 Å². The van der Waals surface area contributed by atoms with Gasteiger partial charge in [-0.25, -0.2) is 19.6 Å². The Hall–Kier alpha value is -5.99. The number of carbonyl (C=O) groups is 4. The molecule has 15 nitrogen and oxygen atoms in total. The number of hydrogen-bond acceptors (Lipinski definition) is 11. The Morgan fingerprint density at radius 3 is 2.48 bits per heavy atom. The van der Waals surface area contributed by atoms with E-state index in [-0.39, 0.29) is 30.8 Å². The monoisotopic (exact) mass is 741 g/mol. The van der Waals surface area contributed by atoms with Crippen LogP contribution in [0.4, 0.5) is 21.1 Å². The molecule has 4 aromatic rings. The number of rotatable bonds is 17. The van der Waals surface area contributed by atoms with E-state index in [0.29, 0.717) is 35.6 Å². The number of imidazole rings is 1. The van der Waals surface area contributed by atoms with Gasteiger partial charge in [-0.15, -0.1) is 0 Å². The summed E-state index contributed by atoms with van der Waals surface area (Å²) in [7, 11) is 1.89. The Labute approximate surface area is 313 Å². The number of aliphatic imine (C=N–C) groups is 1. The van der Waals surface area contributed by atoms with Gasteiger partial charge in [-0.3, -0.25) is 14.5 Å². The smallest absolute Gasteiger partial charge is 0.448 e. The standard InChI is InChI=1S/C39H47N7O8/c1-3-4-5-10-23-51-38(49)44-36(40)27-14-17-29(18-15-27)42-25-34-43-31-24-28(16-19-32(31)45(34)2)37(48)46(33-13-8-9-21-41-33)22-20-35(47)52-26-53-39(50)54-30-11-6-7-12-30/h8-9,13-19,21,24,30,42H,3-7,10-12,20,22-23,25-26H2,1-2H3,(H2,40,44,49). The van der Waals surface area contributed by atoms with Gasteiger partial charge in [0.1, 0.15) is 23.6 Å². The van der Waals surface area contributed by atoms with Gasteiger partial charge in [0.25, 0.3) is 5.91 Å². The number of amidine groups is 1. The van der Waals surface area contributed by atoms with Crippen molar-refractivity contribution < 1.29 is 38.1 Å². The minimum atomic E-state index is -0.876. The van der Waals surface area contributed by atoms with E-state index >= 15 is 0 Å². The van der Waals surface area contributed by atoms with E-state index in [4.69, 9.17) is 29.7 Å². The number of ether oxygens (including phenoxy) is 4. The van der Waals surface area contributed by atoms with E-state index in [1.165, 1.54) is 4.90 Å². The molecule has 3 N–H and O–H groups in total. The van der Waals surface area contributed by atoms with Gasteiger partial charge >= 0.3 is 18.2 Å². The van der Waals surface area contributed by atoms with Crippen LogP contribution in [0.15, 0.2) is 71.9 Å². The second-order valence-electron chi connectivity index (χ2n) is 12.8. The van der Waals surface area contributed by atoms with Crippen LogP contribution in [0.1, 0.15) is 86.5 Å². The maximum absolute atomic E-state index is 13.8. The maximum Gasteiger partial charge on any atom is 0.511 e. The Balaban J connectivity index is 1.16. The van der Waals surface area contributed by atoms with Gasteiger partial charge < -0.3 is 34.6 Å². The number of hydrogen-bond donors (Lipinski definition) is 2. The van der Waals surface area contributed by atoms with Crippen LogP contribution >= 0.6 is 0 Å². The molecule has 286 valence electrons. The summed E-state index contributed by atoms with van der Waals surface area (Å²) >= 11 is 0. The number of anilines is 2. The predicted octanol–water partition coefficient (Wildman–Crippen LogP) is 6.64. The summed E-state index contributed by atoms with van der Waals surface area (Å²) < 4.78 is 22.2. The second-order valence-corrected chi connectivity index (χ2v) is 12.8. The fourth-order valence-electron chi connectivity index (χ4n) is 5.95. The number of pyridine rings is 1. The zero-order valence-electron chi connectivity index (χ0n) is 30.7. The molecule has 2 amide bonds. The molecule has 0 saturated heterocycles. The molecule has 0 aliphatic heterocycles. The molecule has 54 heavy (non-hydrogen) atoms. The molecule has 2 aromatic carbocycles. The van der Waals surface area contributed by atoms with E-state index in [1.54, 1.807) is 48.7 Å². The van der Waals surface area contributed by atoms with Gasteiger partial charge in [-0.1, -0.05) is 32.3 Å². The SMILES string of the molecule is CCCCCCOC(=O)/N=C(/N)c1ccc(NCc2nc3cc(C(=O)N(CCC(=O)OCOC(=O)OC4CCCC4)c4ccccn4)ccc3n2C)cc1. The van der Waals surface area contributed by atoms with Crippen molar-refractivity contribution in [3.63, 3.8) is 0 Å². The molecule has 2 heterocycles. The lowest BCUT2D eigenvalue weighted by Gasteiger charge is -2.21. The summed E-state index contributed by atoms with van der Waals surface area (Å²) in [4.78, 5) is 64.6. The summed E-state index contributed by atoms with van der Waals surface area (Å²) in [5, 5.41) is 3.34. The van der Waals surface area contributed by atoms with Crippen molar-refractivity contribution in [1.82, 2.24) is 14.5 Å². The number of fused-ring (bicyclic) bond motifs is 1. The molecule has 1 aliphatic carbocycles. The average Bonchev–Trinajstić information content (AvgIpc) is 3.81. The lowest BCUT2D eigenvalue weighted by Crippen LogP contribution is -2.34. The van der Waals surface area contributed by atoms with Gasteiger partial charge in [0.15, 0.2) is 0 Å². The molecule has 1 saturated carbocycles. The zero-order chi connectivity index (χ0) is 38.3. The molecule has 1 fully saturated rings. The zero-order valence-corrected chi connectivity index (χ0v) is 30.7. The highest BCUT2D eigenvalue weighted by atomic mass is 16.8. The fourth-order valence-corrected chi connectivity index (χ4v) is 5.95. The van der Waals surface area contributed by atoms with Crippen LogP contribution in [-0.4, -0.2) is 70.5 Å². The number of aryl methyl sites for hydroxylation is 1. The molecule has 0 unspecified atom stereocenters. The summed E-state index contributed by atoms with van der Waals surface area (Å²) in [6, 6.07) is 17.5. The minimum Gasteiger partial charge on any atom is -0.448 e. The van der Waals surface area contributed by atoms with Crippen molar-refractivity contribution >= 4 is 52.5 Å². The van der Waals surface area contributed by atoms with Gasteiger partial charge in [0.2, 0.25) is 6.79 Å². The van der Waals surface area contributed by atoms with E-state index in [2.05, 4.69) is 22.2 Å². The first-order valence-electron chi connectivity index (χ1n) is 18.2. The number of esters is 1. The lowest BCUT2D eigenvalue weighted by atomic mass is 10.1. The van der Waals surface area contributed by atoms with E-state index in [1.807, 2.05) is 29.8 Å². The molecule has 1 aliphatic rings. The number of carbonyl (C=O) groups excluding carboxylic acids is 4. The average molecular weight is 742 g/mol. The number of nitrogens with two attached hydrogens (primary N) is 1. The fraction of sp³-hybridized carbons (Fsp3) is 0.410. The van der Waals surface area contributed by atoms with E-state index in [9.17, 15) is 19.2 Å². The predicted molar refractivity (Wildman–Crippen MR) is 202 cm³/mol. The topological polar surface area (TPSA) is 190 Å². The maximum atomic E-state index is 13.8. The third-order valence-corrected chi connectivity index (χ3v) is 8.96. The summed E-state index contributed by atoms with van der Waals surface area (Å²) in [6.45, 7) is 2.20. The van der Waals surface area contributed by atoms with Crippen molar-refractivity contribution in [2.24, 2.45) is 17.8 Å². The number of benzene rings is 2. The Morgan fingerprint density at radius 2 is 1.74 bits per heavy atom. The number of unbranched alkanes of at least 4 members (excludes halogenated alkanes) is 3. The minimum absolute atomic E-state index is 0.0316. The highest BCUT2D eigenvalue weighted by Gasteiger charge is 2.23. The largest absolute Gasteiger partial charge is 0.511 e. The quantitative estimate of drug-likeness (QED) is 0.0294. The first-order valence-corrected chi connectivity index (χ1v) is 18.2. The van der Waals surface area contributed by atoms with Crippen LogP contribution in [0.5, 0.6) is 0 Å². The number of amides is 2. The van der Waals surface area contributed by atoms with Crippen LogP contribution in [-0.2, 0) is 37.3 Å². The summed E-state index contributed by atoms with van der Waals surface area (Å²) in [5.74, 6) is 0.113. The van der Waals surface area contributed by atoms with Crippen molar-refractivity contribution in [2.75, 3.05) is 30.2 Å². The molecular formula is C39H47N7O8. The van der Waals surface area contributed by atoms with Gasteiger partial charge in [0, 0.05) is 36.6 Å². The number of nitrogens with zero attached hydrogens (tertiary/aromatic N) is 5. The van der Waals surface area contributed by atoms with Crippen LogP contribution in [0, 0.1) is 0 Å². The Bertz CT molecular complexity index is 1910. The molecule has 0 bridgehead atoms. The lowest BCUT2D eigenvalue weighted by molar-refractivity contribution is -0.153. The van der Waals surface area contributed by atoms with Crippen LogP contribution < -0.4 is 16.0 Å². The van der Waals surface area contributed by atoms with Crippen molar-refractivity contribution in [1.29, 1.82) is 0 Å². The molecule has 0 atom stereocenters. The third-order valence-electron chi connectivity index (χ3n) is 8.96. The first kappa shape index (κ1) is 39.2. The van der Waals surface area contributed by atoms with Gasteiger partial charge in [0.05, 0.1) is 30.6 Å². The summed E-state index contributed by atoms with van der Waals surface area (Å²) in [5.41, 5.74) is 9.20. The second kappa shape index (κ2) is 19.7. The molecular weight excluding hydrogens is 694 g/mol. The van der Waals surface area contributed by atoms with Crippen molar-refractivity contribution in [3.8, 4) is 0 Å². The van der Waals surface area contributed by atoms with Gasteiger partial charge in [-0.05, 0) is 86.7 Å². The van der Waals surface area contributed by atoms with Crippen LogP contribution in [0.2, 0.25) is 0 Å². The Morgan fingerprint density at radius 1 is 0.963 bits per heavy atom. The third kappa shape index (κ3) is 11.3.